The predicted molar refractivity (Wildman–Crippen MR) is 49.3 cm³/mol. The van der Waals surface area contributed by atoms with E-state index >= 15 is 0 Å². The number of hydrogen-bond donors (Lipinski definition) is 0. The van der Waals surface area contributed by atoms with Gasteiger partial charge in [0.2, 0.25) is 0 Å². The third kappa shape index (κ3) is 1.80. The summed E-state index contributed by atoms with van der Waals surface area (Å²) in [6.45, 7) is 0. The normalized spacial score (nSPS) is 9.71. The van der Waals surface area contributed by atoms with Crippen molar-refractivity contribution in [2.24, 2.45) is 0 Å². The minimum Gasteiger partial charge on any atom is -0.494 e. The molecule has 0 unspecified atom stereocenters. The molecule has 0 heterocycles. The highest BCUT2D eigenvalue weighted by atomic mass is 35.5. The molecule has 0 fully saturated rings. The van der Waals surface area contributed by atoms with Gasteiger partial charge in [-0.1, -0.05) is 11.6 Å². The van der Waals surface area contributed by atoms with Crippen LogP contribution in [0.25, 0.3) is 0 Å². The molecule has 0 radical (unpaired) electrons. The minimum atomic E-state index is -0.827. The van der Waals surface area contributed by atoms with Gasteiger partial charge in [-0.3, -0.25) is 0 Å². The van der Waals surface area contributed by atoms with Crippen LogP contribution >= 0.6 is 11.6 Å². The number of esters is 1. The summed E-state index contributed by atoms with van der Waals surface area (Å²) in [5.74, 6) is -1.69. The van der Waals surface area contributed by atoms with Crippen LogP contribution in [0, 0.1) is 5.82 Å². The maximum atomic E-state index is 13.5. The first-order valence-electron chi connectivity index (χ1n) is 3.72. The zero-order valence-electron chi connectivity index (χ0n) is 7.64. The second-order valence-corrected chi connectivity index (χ2v) is 2.84. The van der Waals surface area contributed by atoms with Gasteiger partial charge in [-0.05, 0) is 12.1 Å². The SMILES string of the molecule is COC(=O)c1c(Cl)ccc(OC)c1F. The summed E-state index contributed by atoms with van der Waals surface area (Å²) in [7, 11) is 2.45. The smallest absolute Gasteiger partial charge is 0.342 e. The van der Waals surface area contributed by atoms with Crippen molar-refractivity contribution >= 4 is 17.6 Å². The Balaban J connectivity index is 3.32. The molecule has 0 aliphatic rings. The van der Waals surface area contributed by atoms with Crippen LogP contribution in [0.4, 0.5) is 4.39 Å². The molecular weight excluding hydrogens is 211 g/mol. The average Bonchev–Trinajstić information content (AvgIpc) is 2.18. The van der Waals surface area contributed by atoms with E-state index in [1.54, 1.807) is 0 Å². The van der Waals surface area contributed by atoms with Crippen LogP contribution in [0.5, 0.6) is 5.75 Å². The summed E-state index contributed by atoms with van der Waals surface area (Å²) < 4.78 is 22.5. The van der Waals surface area contributed by atoms with Crippen LogP contribution in [0.3, 0.4) is 0 Å². The summed E-state index contributed by atoms with van der Waals surface area (Å²) in [5.41, 5.74) is -0.312. The third-order valence-electron chi connectivity index (χ3n) is 1.67. The Kier molecular flexibility index (Phi) is 3.30. The topological polar surface area (TPSA) is 35.5 Å². The lowest BCUT2D eigenvalue weighted by atomic mass is 10.2. The van der Waals surface area contributed by atoms with Gasteiger partial charge in [0.15, 0.2) is 11.6 Å². The van der Waals surface area contributed by atoms with E-state index in [2.05, 4.69) is 4.74 Å². The fourth-order valence-electron chi connectivity index (χ4n) is 0.980. The van der Waals surface area contributed by atoms with Crippen LogP contribution in [-0.2, 0) is 4.74 Å². The Labute approximate surface area is 85.4 Å². The van der Waals surface area contributed by atoms with Crippen molar-refractivity contribution in [3.05, 3.63) is 28.5 Å². The first-order chi connectivity index (χ1) is 6.61. The van der Waals surface area contributed by atoms with E-state index < -0.39 is 11.8 Å². The Morgan fingerprint density at radius 3 is 2.57 bits per heavy atom. The molecule has 0 bridgehead atoms. The van der Waals surface area contributed by atoms with Crippen molar-refractivity contribution in [3.63, 3.8) is 0 Å². The second-order valence-electron chi connectivity index (χ2n) is 2.43. The van der Waals surface area contributed by atoms with Gasteiger partial charge in [0, 0.05) is 0 Å². The van der Waals surface area contributed by atoms with Gasteiger partial charge >= 0.3 is 5.97 Å². The van der Waals surface area contributed by atoms with Crippen molar-refractivity contribution in [2.75, 3.05) is 14.2 Å². The van der Waals surface area contributed by atoms with E-state index in [0.717, 1.165) is 7.11 Å². The molecule has 0 atom stereocenters. The monoisotopic (exact) mass is 218 g/mol. The molecule has 0 aliphatic carbocycles. The molecule has 5 heteroatoms. The molecule has 0 aliphatic heterocycles. The van der Waals surface area contributed by atoms with Gasteiger partial charge < -0.3 is 9.47 Å². The molecule has 14 heavy (non-hydrogen) atoms. The molecule has 1 aromatic rings. The van der Waals surface area contributed by atoms with E-state index in [9.17, 15) is 9.18 Å². The number of halogens is 2. The van der Waals surface area contributed by atoms with Crippen LogP contribution < -0.4 is 4.74 Å². The lowest BCUT2D eigenvalue weighted by molar-refractivity contribution is 0.0595. The zero-order valence-corrected chi connectivity index (χ0v) is 8.39. The molecule has 0 saturated carbocycles. The van der Waals surface area contributed by atoms with Gasteiger partial charge in [-0.15, -0.1) is 0 Å². The average molecular weight is 219 g/mol. The third-order valence-corrected chi connectivity index (χ3v) is 1.98. The predicted octanol–water partition coefficient (Wildman–Crippen LogP) is 2.27. The summed E-state index contributed by atoms with van der Waals surface area (Å²) in [6, 6.07) is 2.71. The molecule has 0 aromatic heterocycles. The molecule has 76 valence electrons. The lowest BCUT2D eigenvalue weighted by Gasteiger charge is -2.07. The maximum Gasteiger partial charge on any atom is 0.342 e. The highest BCUT2D eigenvalue weighted by Crippen LogP contribution is 2.27. The largest absolute Gasteiger partial charge is 0.494 e. The van der Waals surface area contributed by atoms with Crippen molar-refractivity contribution < 1.29 is 18.7 Å². The van der Waals surface area contributed by atoms with E-state index in [1.807, 2.05) is 0 Å². The molecule has 1 rings (SSSR count). The second kappa shape index (κ2) is 4.28. The van der Waals surface area contributed by atoms with E-state index in [-0.39, 0.29) is 16.3 Å². The Morgan fingerprint density at radius 1 is 1.43 bits per heavy atom. The van der Waals surface area contributed by atoms with Gasteiger partial charge in [-0.2, -0.15) is 0 Å². The number of hydrogen-bond acceptors (Lipinski definition) is 3. The van der Waals surface area contributed by atoms with Gasteiger partial charge in [0.05, 0.1) is 19.2 Å². The highest BCUT2D eigenvalue weighted by Gasteiger charge is 2.20. The van der Waals surface area contributed by atoms with Crippen molar-refractivity contribution in [1.82, 2.24) is 0 Å². The Morgan fingerprint density at radius 2 is 2.07 bits per heavy atom. The first-order valence-corrected chi connectivity index (χ1v) is 4.10. The van der Waals surface area contributed by atoms with Crippen molar-refractivity contribution in [2.45, 2.75) is 0 Å². The Hall–Kier alpha value is -1.29. The standard InChI is InChI=1S/C9H8ClFO3/c1-13-6-4-3-5(10)7(8(6)11)9(12)14-2/h3-4H,1-2H3. The van der Waals surface area contributed by atoms with Crippen LogP contribution in [0.2, 0.25) is 5.02 Å². The molecule has 1 aromatic carbocycles. The van der Waals surface area contributed by atoms with E-state index in [1.165, 1.54) is 19.2 Å². The summed E-state index contributed by atoms with van der Waals surface area (Å²) in [4.78, 5) is 11.1. The number of rotatable bonds is 2. The first kappa shape index (κ1) is 10.8. The van der Waals surface area contributed by atoms with E-state index in [4.69, 9.17) is 16.3 Å². The summed E-state index contributed by atoms with van der Waals surface area (Å²) in [5, 5.41) is -0.00449. The molecular formula is C9H8ClFO3. The molecule has 3 nitrogen and oxygen atoms in total. The van der Waals surface area contributed by atoms with Crippen LogP contribution in [0.1, 0.15) is 10.4 Å². The van der Waals surface area contributed by atoms with Gasteiger partial charge in [0.1, 0.15) is 5.56 Å². The zero-order chi connectivity index (χ0) is 10.7. The highest BCUT2D eigenvalue weighted by molar-refractivity contribution is 6.33. The number of benzene rings is 1. The van der Waals surface area contributed by atoms with Crippen molar-refractivity contribution in [3.8, 4) is 5.75 Å². The fourth-order valence-corrected chi connectivity index (χ4v) is 1.20. The maximum absolute atomic E-state index is 13.5. The number of methoxy groups -OCH3 is 2. The van der Waals surface area contributed by atoms with Gasteiger partial charge in [-0.25, -0.2) is 9.18 Å². The number of carbonyl (C=O) groups excluding carboxylic acids is 1. The number of carbonyl (C=O) groups is 1. The molecule has 0 saturated heterocycles. The van der Waals surface area contributed by atoms with Crippen LogP contribution in [0.15, 0.2) is 12.1 Å². The molecule has 0 amide bonds. The lowest BCUT2D eigenvalue weighted by Crippen LogP contribution is -2.06. The van der Waals surface area contributed by atoms with Gasteiger partial charge in [0.25, 0.3) is 0 Å². The summed E-state index contributed by atoms with van der Waals surface area (Å²) in [6.07, 6.45) is 0. The Bertz CT molecular complexity index is 365. The molecule has 0 N–H and O–H groups in total. The quantitative estimate of drug-likeness (QED) is 0.715. The van der Waals surface area contributed by atoms with Crippen LogP contribution in [-0.4, -0.2) is 20.2 Å². The fraction of sp³-hybridized carbons (Fsp3) is 0.222. The number of ether oxygens (including phenoxy) is 2. The molecule has 0 spiro atoms. The summed E-state index contributed by atoms with van der Waals surface area (Å²) >= 11 is 5.64. The van der Waals surface area contributed by atoms with E-state index in [0.29, 0.717) is 0 Å². The van der Waals surface area contributed by atoms with Crippen molar-refractivity contribution in [1.29, 1.82) is 0 Å². The minimum absolute atomic E-state index is 0.00449.